The predicted molar refractivity (Wildman–Crippen MR) is 101 cm³/mol. The summed E-state index contributed by atoms with van der Waals surface area (Å²) in [5, 5.41) is 5.29. The van der Waals surface area contributed by atoms with Gasteiger partial charge in [0.15, 0.2) is 5.65 Å². The summed E-state index contributed by atoms with van der Waals surface area (Å²) >= 11 is 0. The number of carbonyl (C=O) groups excluding carboxylic acids is 1. The van der Waals surface area contributed by atoms with E-state index >= 15 is 0 Å². The third kappa shape index (κ3) is 3.60. The SMILES string of the molecule is Nc1ncnc2c1c(C#CCOc1ccccc1)nn2C1CCC(=O)CC1. The molecule has 1 aliphatic carbocycles. The van der Waals surface area contributed by atoms with Crippen molar-refractivity contribution in [1.29, 1.82) is 0 Å². The molecule has 2 heterocycles. The number of ether oxygens (including phenoxy) is 1. The van der Waals surface area contributed by atoms with Crippen LogP contribution in [0.25, 0.3) is 11.0 Å². The van der Waals surface area contributed by atoms with Crippen molar-refractivity contribution in [1.82, 2.24) is 19.7 Å². The second-order valence-electron chi connectivity index (χ2n) is 6.42. The smallest absolute Gasteiger partial charge is 0.164 e. The molecule has 1 saturated carbocycles. The van der Waals surface area contributed by atoms with E-state index in [1.54, 1.807) is 0 Å². The Kier molecular flexibility index (Phi) is 4.71. The van der Waals surface area contributed by atoms with Gasteiger partial charge in [-0.1, -0.05) is 24.1 Å². The highest BCUT2D eigenvalue weighted by atomic mass is 16.5. The lowest BCUT2D eigenvalue weighted by atomic mass is 9.94. The maximum atomic E-state index is 11.5. The summed E-state index contributed by atoms with van der Waals surface area (Å²) in [6.45, 7) is 0.240. The van der Waals surface area contributed by atoms with Gasteiger partial charge >= 0.3 is 0 Å². The first-order chi connectivity index (χ1) is 13.2. The van der Waals surface area contributed by atoms with Gasteiger partial charge in [-0.05, 0) is 30.9 Å². The van der Waals surface area contributed by atoms with E-state index in [9.17, 15) is 4.79 Å². The number of hydrogen-bond acceptors (Lipinski definition) is 6. The minimum Gasteiger partial charge on any atom is -0.481 e. The van der Waals surface area contributed by atoms with E-state index in [4.69, 9.17) is 10.5 Å². The number of carbonyl (C=O) groups is 1. The number of nitrogens with zero attached hydrogens (tertiary/aromatic N) is 4. The number of nitrogen functional groups attached to an aromatic ring is 1. The second-order valence-corrected chi connectivity index (χ2v) is 6.42. The first kappa shape index (κ1) is 17.0. The number of hydrogen-bond donors (Lipinski definition) is 1. The molecule has 1 aromatic carbocycles. The first-order valence-corrected chi connectivity index (χ1v) is 8.89. The molecule has 4 rings (SSSR count). The largest absolute Gasteiger partial charge is 0.481 e. The monoisotopic (exact) mass is 361 g/mol. The van der Waals surface area contributed by atoms with E-state index in [0.717, 1.165) is 18.6 Å². The number of anilines is 1. The molecule has 7 nitrogen and oxygen atoms in total. The van der Waals surface area contributed by atoms with Crippen LogP contribution in [0.3, 0.4) is 0 Å². The number of ketones is 1. The maximum Gasteiger partial charge on any atom is 0.164 e. The molecular formula is C20H19N5O2. The highest BCUT2D eigenvalue weighted by Gasteiger charge is 2.24. The zero-order valence-corrected chi connectivity index (χ0v) is 14.8. The van der Waals surface area contributed by atoms with Crippen molar-refractivity contribution in [2.45, 2.75) is 31.7 Å². The van der Waals surface area contributed by atoms with Crippen LogP contribution in [0.5, 0.6) is 5.75 Å². The lowest BCUT2D eigenvalue weighted by molar-refractivity contribution is -0.120. The molecule has 0 spiro atoms. The molecule has 0 unspecified atom stereocenters. The molecule has 1 aliphatic rings. The van der Waals surface area contributed by atoms with Crippen molar-refractivity contribution in [2.75, 3.05) is 12.3 Å². The minimum atomic E-state index is 0.121. The Hall–Kier alpha value is -3.40. The Morgan fingerprint density at radius 1 is 1.19 bits per heavy atom. The molecule has 0 amide bonds. The van der Waals surface area contributed by atoms with E-state index in [1.807, 2.05) is 35.0 Å². The van der Waals surface area contributed by atoms with Crippen molar-refractivity contribution >= 4 is 22.6 Å². The van der Waals surface area contributed by atoms with Crippen LogP contribution in [-0.2, 0) is 4.79 Å². The van der Waals surface area contributed by atoms with Crippen LogP contribution in [0, 0.1) is 11.8 Å². The summed E-state index contributed by atoms with van der Waals surface area (Å²) in [6, 6.07) is 9.62. The van der Waals surface area contributed by atoms with Crippen molar-refractivity contribution in [3.8, 4) is 17.6 Å². The predicted octanol–water partition coefficient (Wildman–Crippen LogP) is 2.52. The fourth-order valence-corrected chi connectivity index (χ4v) is 3.26. The summed E-state index contributed by atoms with van der Waals surface area (Å²) in [5.41, 5.74) is 7.26. The molecule has 136 valence electrons. The lowest BCUT2D eigenvalue weighted by Crippen LogP contribution is -2.19. The molecular weight excluding hydrogens is 342 g/mol. The summed E-state index contributed by atoms with van der Waals surface area (Å²) in [7, 11) is 0. The standard InChI is InChI=1S/C20H19N5O2/c21-19-18-17(7-4-12-27-16-5-2-1-3-6-16)24-25(20(18)23-13-22-19)14-8-10-15(26)11-9-14/h1-3,5-6,13-14H,8-12H2,(H2,21,22,23). The molecule has 2 N–H and O–H groups in total. The molecule has 0 saturated heterocycles. The van der Waals surface area contributed by atoms with Crippen LogP contribution >= 0.6 is 0 Å². The summed E-state index contributed by atoms with van der Waals surface area (Å²) in [5.74, 6) is 7.43. The summed E-state index contributed by atoms with van der Waals surface area (Å²) in [6.07, 6.45) is 4.07. The molecule has 0 radical (unpaired) electrons. The van der Waals surface area contributed by atoms with Crippen LogP contribution in [0.1, 0.15) is 37.4 Å². The van der Waals surface area contributed by atoms with Crippen LogP contribution in [0.15, 0.2) is 36.7 Å². The Morgan fingerprint density at radius 3 is 2.74 bits per heavy atom. The Morgan fingerprint density at radius 2 is 1.96 bits per heavy atom. The van der Waals surface area contributed by atoms with Gasteiger partial charge in [0.25, 0.3) is 0 Å². The van der Waals surface area contributed by atoms with Crippen LogP contribution in [0.2, 0.25) is 0 Å². The third-order valence-electron chi connectivity index (χ3n) is 4.64. The highest BCUT2D eigenvalue weighted by molar-refractivity contribution is 5.90. The topological polar surface area (TPSA) is 95.9 Å². The van der Waals surface area contributed by atoms with Gasteiger partial charge in [-0.15, -0.1) is 0 Å². The normalized spacial score (nSPS) is 14.7. The molecule has 2 aromatic heterocycles. The fraction of sp³-hybridized carbons (Fsp3) is 0.300. The number of fused-ring (bicyclic) bond motifs is 1. The number of aromatic nitrogens is 4. The molecule has 27 heavy (non-hydrogen) atoms. The molecule has 7 heteroatoms. The van der Waals surface area contributed by atoms with Gasteiger partial charge in [0, 0.05) is 12.8 Å². The van der Waals surface area contributed by atoms with Crippen molar-refractivity contribution in [2.24, 2.45) is 0 Å². The quantitative estimate of drug-likeness (QED) is 0.720. The van der Waals surface area contributed by atoms with E-state index < -0.39 is 0 Å². The number of nitrogens with two attached hydrogens (primary N) is 1. The summed E-state index contributed by atoms with van der Waals surface area (Å²) in [4.78, 5) is 20.0. The van der Waals surface area contributed by atoms with Gasteiger partial charge in [0.05, 0.1) is 11.4 Å². The van der Waals surface area contributed by atoms with Gasteiger partial charge in [-0.2, -0.15) is 5.10 Å². The number of benzene rings is 1. The molecule has 3 aromatic rings. The fourth-order valence-electron chi connectivity index (χ4n) is 3.26. The minimum absolute atomic E-state index is 0.121. The van der Waals surface area contributed by atoms with Crippen molar-refractivity contribution < 1.29 is 9.53 Å². The zero-order valence-electron chi connectivity index (χ0n) is 14.8. The van der Waals surface area contributed by atoms with E-state index in [0.29, 0.717) is 41.2 Å². The van der Waals surface area contributed by atoms with Gasteiger partial charge in [0.1, 0.15) is 36.0 Å². The van der Waals surface area contributed by atoms with E-state index in [1.165, 1.54) is 6.33 Å². The average Bonchev–Trinajstić information content (AvgIpc) is 3.07. The molecule has 0 atom stereocenters. The number of rotatable bonds is 3. The molecule has 0 bridgehead atoms. The Labute approximate surface area is 156 Å². The van der Waals surface area contributed by atoms with Gasteiger partial charge in [-0.25, -0.2) is 14.6 Å². The highest BCUT2D eigenvalue weighted by Crippen LogP contribution is 2.30. The zero-order chi connectivity index (χ0) is 18.6. The molecule has 1 fully saturated rings. The third-order valence-corrected chi connectivity index (χ3v) is 4.64. The van der Waals surface area contributed by atoms with Gasteiger partial charge < -0.3 is 10.5 Å². The number of para-hydroxylation sites is 1. The van der Waals surface area contributed by atoms with E-state index in [-0.39, 0.29) is 12.6 Å². The van der Waals surface area contributed by atoms with Gasteiger partial charge in [-0.3, -0.25) is 4.79 Å². The van der Waals surface area contributed by atoms with Crippen molar-refractivity contribution in [3.05, 3.63) is 42.4 Å². The van der Waals surface area contributed by atoms with Crippen LogP contribution < -0.4 is 10.5 Å². The van der Waals surface area contributed by atoms with Gasteiger partial charge in [0.2, 0.25) is 0 Å². The molecule has 0 aliphatic heterocycles. The Balaban J connectivity index is 1.61. The van der Waals surface area contributed by atoms with Crippen LogP contribution in [-0.4, -0.2) is 32.1 Å². The van der Waals surface area contributed by atoms with Crippen molar-refractivity contribution in [3.63, 3.8) is 0 Å². The summed E-state index contributed by atoms with van der Waals surface area (Å²) < 4.78 is 7.45. The Bertz CT molecular complexity index is 1020. The van der Waals surface area contributed by atoms with E-state index in [2.05, 4.69) is 26.9 Å². The average molecular weight is 361 g/mol. The lowest BCUT2D eigenvalue weighted by Gasteiger charge is -2.21. The number of Topliss-reactive ketones (excluding diaryl/α,β-unsaturated/α-hetero) is 1. The maximum absolute atomic E-state index is 11.5. The second kappa shape index (κ2) is 7.46. The van der Waals surface area contributed by atoms with Crippen LogP contribution in [0.4, 0.5) is 5.82 Å². The first-order valence-electron chi connectivity index (χ1n) is 8.89.